The molecule has 1 radical (unpaired) electrons. The molecule has 1 nitrogen and oxygen atoms in total. The summed E-state index contributed by atoms with van der Waals surface area (Å²) in [6.07, 6.45) is 5.66. The molecule has 0 aromatic heterocycles. The summed E-state index contributed by atoms with van der Waals surface area (Å²) in [6.45, 7) is 8.67. The maximum Gasteiger partial charge on any atom is 2.00 e. The third kappa shape index (κ3) is 12.3. The summed E-state index contributed by atoms with van der Waals surface area (Å²) in [7, 11) is 0.271. The van der Waals surface area contributed by atoms with E-state index >= 15 is 0 Å². The third-order valence-electron chi connectivity index (χ3n) is 6.63. The van der Waals surface area contributed by atoms with E-state index in [2.05, 4.69) is 143 Å². The van der Waals surface area contributed by atoms with Crippen molar-refractivity contribution in [1.29, 1.82) is 0 Å². The van der Waals surface area contributed by atoms with Crippen LogP contribution in [0.2, 0.25) is 0 Å². The van der Waals surface area contributed by atoms with Gasteiger partial charge in [-0.1, -0.05) is 171 Å². The largest absolute Gasteiger partial charge is 2.00 e. The van der Waals surface area contributed by atoms with E-state index in [0.717, 1.165) is 12.8 Å². The zero-order valence-electron chi connectivity index (χ0n) is 23.7. The first-order chi connectivity index (χ1) is 18.4. The summed E-state index contributed by atoms with van der Waals surface area (Å²) >= 11 is 0. The number of hydrogen-bond acceptors (Lipinski definition) is 0. The molecule has 0 aliphatic heterocycles. The van der Waals surface area contributed by atoms with Crippen LogP contribution in [0.25, 0.3) is 16.9 Å². The Kier molecular flexibility index (Phi) is 14.8. The van der Waals surface area contributed by atoms with Crippen molar-refractivity contribution in [3.8, 4) is 11.1 Å². The third-order valence-corrected chi connectivity index (χ3v) is 8.06. The van der Waals surface area contributed by atoms with Crippen molar-refractivity contribution in [2.24, 2.45) is 5.92 Å². The second-order valence-corrected chi connectivity index (χ2v) is 11.4. The van der Waals surface area contributed by atoms with Gasteiger partial charge in [-0.25, -0.2) is 5.57 Å². The van der Waals surface area contributed by atoms with Gasteiger partial charge in [-0.2, -0.15) is 11.1 Å². The summed E-state index contributed by atoms with van der Waals surface area (Å²) in [6, 6.07) is 42.4. The molecule has 39 heavy (non-hydrogen) atoms. The fourth-order valence-electron chi connectivity index (χ4n) is 3.80. The summed E-state index contributed by atoms with van der Waals surface area (Å²) in [5.74, 6) is 0.560. The van der Waals surface area contributed by atoms with E-state index in [4.69, 9.17) is 5.73 Å². The van der Waals surface area contributed by atoms with Crippen molar-refractivity contribution in [1.82, 2.24) is 0 Å². The minimum atomic E-state index is 0. The predicted molar refractivity (Wildman–Crippen MR) is 168 cm³/mol. The summed E-state index contributed by atoms with van der Waals surface area (Å²) in [4.78, 5) is 0. The van der Waals surface area contributed by atoms with Crippen molar-refractivity contribution in [3.63, 3.8) is 0 Å². The van der Waals surface area contributed by atoms with E-state index in [1.165, 1.54) is 38.2 Å². The average molecular weight is 563 g/mol. The molecule has 0 amide bonds. The molecule has 0 heterocycles. The fraction of sp³-hybridized carbons (Fsp3) is 0.222. The molecule has 6 rings (SSSR count). The van der Waals surface area contributed by atoms with E-state index in [1.807, 2.05) is 12.1 Å². The predicted octanol–water partition coefficient (Wildman–Crippen LogP) is 8.35. The van der Waals surface area contributed by atoms with Crippen LogP contribution in [0.15, 0.2) is 138 Å². The Hall–Kier alpha value is -2.75. The molecule has 3 heteroatoms. The molecule has 1 N–H and O–H groups in total. The molecule has 2 aliphatic carbocycles. The van der Waals surface area contributed by atoms with Gasteiger partial charge in [0, 0.05) is 0 Å². The van der Waals surface area contributed by atoms with E-state index in [0.29, 0.717) is 12.0 Å². The zero-order valence-corrected chi connectivity index (χ0v) is 26.4. The Morgan fingerprint density at radius 3 is 1.18 bits per heavy atom. The first-order valence-corrected chi connectivity index (χ1v) is 14.6. The topological polar surface area (TPSA) is 23.8 Å². The van der Waals surface area contributed by atoms with Gasteiger partial charge in [-0.15, -0.1) is 13.0 Å². The molecular weight excluding hydrogens is 522 g/mol. The Morgan fingerprint density at radius 2 is 0.949 bits per heavy atom. The minimum Gasteiger partial charge on any atom is -0.675 e. The molecule has 1 saturated carbocycles. The molecule has 4 aromatic carbocycles. The van der Waals surface area contributed by atoms with Crippen molar-refractivity contribution < 1.29 is 21.7 Å². The number of benzene rings is 4. The zero-order chi connectivity index (χ0) is 27.2. The average Bonchev–Trinajstić information content (AvgIpc) is 3.73. The Bertz CT molecular complexity index is 1190. The number of hydrogen-bond donors (Lipinski definition) is 0. The number of nitrogens with one attached hydrogen (secondary N) is 1. The summed E-state index contributed by atoms with van der Waals surface area (Å²) in [5, 5.41) is 2.90. The normalized spacial score (nSPS) is 15.2. The van der Waals surface area contributed by atoms with Crippen molar-refractivity contribution in [3.05, 3.63) is 150 Å². The number of allylic oxidation sites excluding steroid dienone is 4. The first-order valence-electron chi connectivity index (χ1n) is 13.5. The van der Waals surface area contributed by atoms with Gasteiger partial charge >= 0.3 is 21.7 Å². The molecule has 197 valence electrons. The second-order valence-electron chi connectivity index (χ2n) is 9.77. The van der Waals surface area contributed by atoms with Gasteiger partial charge in [-0.05, 0) is 11.1 Å². The molecule has 4 aromatic rings. The molecule has 1 fully saturated rings. The Balaban J connectivity index is 0.000000191. The van der Waals surface area contributed by atoms with Gasteiger partial charge in [0.25, 0.3) is 0 Å². The van der Waals surface area contributed by atoms with Crippen LogP contribution in [0.5, 0.6) is 0 Å². The van der Waals surface area contributed by atoms with Crippen LogP contribution in [-0.4, -0.2) is 15.6 Å². The van der Waals surface area contributed by atoms with Crippen molar-refractivity contribution in [2.45, 2.75) is 46.6 Å². The molecule has 0 spiro atoms. The van der Waals surface area contributed by atoms with Crippen LogP contribution in [0, 0.1) is 12.0 Å². The molecule has 2 aliphatic rings. The monoisotopic (exact) mass is 562 g/mol. The summed E-state index contributed by atoms with van der Waals surface area (Å²) < 4.78 is 0. The van der Waals surface area contributed by atoms with E-state index in [9.17, 15) is 0 Å². The van der Waals surface area contributed by atoms with Crippen LogP contribution in [0.3, 0.4) is 0 Å². The molecule has 0 bridgehead atoms. The van der Waals surface area contributed by atoms with Crippen molar-refractivity contribution in [2.75, 3.05) is 0 Å². The van der Waals surface area contributed by atoms with Crippen LogP contribution in [-0.2, 0) is 21.7 Å². The Labute approximate surface area is 254 Å². The molecule has 0 saturated heterocycles. The van der Waals surface area contributed by atoms with Gasteiger partial charge in [0.2, 0.25) is 0 Å². The van der Waals surface area contributed by atoms with Gasteiger partial charge < -0.3 is 5.73 Å². The van der Waals surface area contributed by atoms with Crippen LogP contribution in [0.4, 0.5) is 0 Å². The van der Waals surface area contributed by atoms with E-state index in [-0.39, 0.29) is 31.2 Å². The van der Waals surface area contributed by atoms with E-state index in [1.54, 1.807) is 0 Å². The number of rotatable bonds is 3. The second kappa shape index (κ2) is 17.8. The minimum absolute atomic E-state index is 0. The van der Waals surface area contributed by atoms with Gasteiger partial charge in [0.05, 0.1) is 0 Å². The van der Waals surface area contributed by atoms with E-state index < -0.39 is 0 Å². The SMILES string of the molecule is CC1=[C-]C(C)C(C)=C1C.[NH-]C1CC1.[Ti+2].c1ccc(-c2ccccc2)cc1.c1ccc([SiH]c2ccccc2)cc1. The van der Waals surface area contributed by atoms with Crippen LogP contribution >= 0.6 is 0 Å². The fourth-order valence-corrected chi connectivity index (χ4v) is 5.01. The quantitative estimate of drug-likeness (QED) is 0.177. The summed E-state index contributed by atoms with van der Waals surface area (Å²) in [5.41, 5.74) is 13.5. The van der Waals surface area contributed by atoms with Gasteiger partial charge in [-0.3, -0.25) is 6.08 Å². The van der Waals surface area contributed by atoms with Crippen LogP contribution in [0.1, 0.15) is 40.5 Å². The van der Waals surface area contributed by atoms with Gasteiger partial charge in [0.1, 0.15) is 9.52 Å². The molecule has 1 atom stereocenters. The smallest absolute Gasteiger partial charge is 0.675 e. The molecule has 1 unspecified atom stereocenters. The Morgan fingerprint density at radius 1 is 0.615 bits per heavy atom. The first kappa shape index (κ1) is 32.5. The standard InChI is InChI=1S/C12H11Si.C12H10.C9H13.C3H6N.Ti/c1-3-7-11(8-4-1)13-12-9-5-2-6-10-12;1-3-7-11(8-4-1)12-9-5-2-6-10-12;1-6-5-7(2)9(4)8(6)3;4-3-1-2-3;/h1-10,13H;1-10H;6H,1-4H3;3-4H,1-2H2;/q;;2*-1;+2. The van der Waals surface area contributed by atoms with Gasteiger partial charge in [0.15, 0.2) is 0 Å². The maximum absolute atomic E-state index is 6.69. The van der Waals surface area contributed by atoms with Crippen molar-refractivity contribution >= 4 is 19.9 Å². The molecular formula is C36H40NSiTi. The maximum atomic E-state index is 6.69. The van der Waals surface area contributed by atoms with Crippen LogP contribution < -0.4 is 10.4 Å².